The highest BCUT2D eigenvalue weighted by Gasteiger charge is 2.40. The molecule has 0 aromatic heterocycles. The van der Waals surface area contributed by atoms with Gasteiger partial charge in [-0.25, -0.2) is 0 Å². The Hall–Kier alpha value is -2.86. The third kappa shape index (κ3) is 7.07. The Morgan fingerprint density at radius 3 is 2.31 bits per heavy atom. The number of Topliss-reactive ketones (excluding diaryl/α,β-unsaturated/α-hetero) is 1. The molecule has 1 saturated carbocycles. The largest absolute Gasteiger partial charge is 0.323 e. The van der Waals surface area contributed by atoms with Gasteiger partial charge in [0.1, 0.15) is 0 Å². The predicted molar refractivity (Wildman–Crippen MR) is 144 cm³/mol. The van der Waals surface area contributed by atoms with Crippen molar-refractivity contribution in [3.63, 3.8) is 0 Å². The van der Waals surface area contributed by atoms with E-state index in [4.69, 9.17) is 0 Å². The topological polar surface area (TPSA) is 17.1 Å². The van der Waals surface area contributed by atoms with Gasteiger partial charge in [0.05, 0.1) is 0 Å². The van der Waals surface area contributed by atoms with Gasteiger partial charge in [0.2, 0.25) is 5.25 Å². The number of halogens is 2. The summed E-state index contributed by atoms with van der Waals surface area (Å²) < 4.78 is 28.1. The van der Waals surface area contributed by atoms with Crippen molar-refractivity contribution >= 4 is 18.4 Å². The van der Waals surface area contributed by atoms with Gasteiger partial charge in [0.15, 0.2) is 5.78 Å². The lowest BCUT2D eigenvalue weighted by atomic mass is 9.73. The average molecular weight is 492 g/mol. The Morgan fingerprint density at radius 2 is 1.74 bits per heavy atom. The molecule has 1 fully saturated rings. The summed E-state index contributed by atoms with van der Waals surface area (Å²) in [6, 6.07) is 14.9. The minimum atomic E-state index is -3.11. The first kappa shape index (κ1) is 26.7. The van der Waals surface area contributed by atoms with Crippen molar-refractivity contribution in [2.45, 2.75) is 56.1 Å². The summed E-state index contributed by atoms with van der Waals surface area (Å²) in [6.07, 6.45) is 7.16. The monoisotopic (exact) mass is 491 g/mol. The zero-order valence-corrected chi connectivity index (χ0v) is 21.2. The number of benzene rings is 2. The van der Waals surface area contributed by atoms with E-state index in [2.05, 4.69) is 74.5 Å². The van der Waals surface area contributed by atoms with E-state index in [1.165, 1.54) is 5.56 Å². The van der Waals surface area contributed by atoms with Gasteiger partial charge in [-0.2, -0.15) is 8.78 Å². The molecule has 0 N–H and O–H groups in total. The third-order valence-electron chi connectivity index (χ3n) is 7.03. The average Bonchev–Trinajstić information content (AvgIpc) is 2.87. The van der Waals surface area contributed by atoms with Gasteiger partial charge >= 0.3 is 5.92 Å². The molecule has 182 valence electrons. The molecule has 1 nitrogen and oxygen atoms in total. The summed E-state index contributed by atoms with van der Waals surface area (Å²) in [6.45, 7) is 9.00. The highest BCUT2D eigenvalue weighted by molar-refractivity contribution is 7.59. The van der Waals surface area contributed by atoms with Crippen LogP contribution in [-0.4, -0.2) is 11.7 Å². The molecule has 1 aliphatic rings. The molecule has 3 rings (SSSR count). The second-order valence-electron chi connectivity index (χ2n) is 9.39. The number of ketones is 1. The molecule has 0 spiro atoms. The maximum Gasteiger partial charge on any atom is 0.323 e. The minimum absolute atomic E-state index is 0.0608. The van der Waals surface area contributed by atoms with E-state index >= 15 is 0 Å². The molecular formula is C31H33F2OS+. The van der Waals surface area contributed by atoms with Crippen LogP contribution in [0.25, 0.3) is 0 Å². The fourth-order valence-corrected chi connectivity index (χ4v) is 5.15. The van der Waals surface area contributed by atoms with E-state index in [0.717, 1.165) is 31.2 Å². The molecule has 1 aliphatic carbocycles. The van der Waals surface area contributed by atoms with Crippen molar-refractivity contribution in [2.24, 2.45) is 11.8 Å². The molecule has 35 heavy (non-hydrogen) atoms. The highest BCUT2D eigenvalue weighted by atomic mass is 32.1. The molecule has 2 aromatic carbocycles. The maximum atomic E-state index is 14.1. The van der Waals surface area contributed by atoms with Gasteiger partial charge in [0.25, 0.3) is 0 Å². The van der Waals surface area contributed by atoms with Crippen molar-refractivity contribution < 1.29 is 13.6 Å². The Balaban J connectivity index is 1.53. The Morgan fingerprint density at radius 1 is 1.11 bits per heavy atom. The SMILES string of the molecule is C=C=CC(F)(F)[C@H]([SH2+])c1ccc(C(=O)CC(C)C2CCC(c3ccc(C#CC=C)cc3)CC2)cc1. The second-order valence-corrected chi connectivity index (χ2v) is 9.97. The minimum Gasteiger partial charge on any atom is -0.294 e. The Kier molecular flexibility index (Phi) is 9.33. The van der Waals surface area contributed by atoms with Crippen LogP contribution in [0.2, 0.25) is 0 Å². The molecule has 0 saturated heterocycles. The van der Waals surface area contributed by atoms with Gasteiger partial charge in [-0.3, -0.25) is 4.79 Å². The Bertz CT molecular complexity index is 1120. The van der Waals surface area contributed by atoms with E-state index in [1.54, 1.807) is 30.3 Å². The van der Waals surface area contributed by atoms with E-state index in [-0.39, 0.29) is 11.7 Å². The summed E-state index contributed by atoms with van der Waals surface area (Å²) in [5.74, 6) is 4.23. The fourth-order valence-electron chi connectivity index (χ4n) is 4.87. The standard InChI is InChI=1S/C31H32F2OS/c1-4-6-7-23-8-10-25(11-9-23)26-14-12-24(13-15-26)22(3)21-29(34)27-16-18-28(19-17-27)30(35)31(32,33)20-5-2/h4,8-11,16-20,22,24,26,30,35H,1-2,12-15,21H2,3H3/p+1/t22?,24?,26?,30-/m1/s1. The highest BCUT2D eigenvalue weighted by Crippen LogP contribution is 2.40. The summed E-state index contributed by atoms with van der Waals surface area (Å²) in [5, 5.41) is -1.20. The van der Waals surface area contributed by atoms with Gasteiger partial charge in [-0.05, 0) is 79.8 Å². The molecule has 0 heterocycles. The van der Waals surface area contributed by atoms with E-state index in [1.807, 2.05) is 0 Å². The molecular weight excluding hydrogens is 458 g/mol. The molecule has 2 atom stereocenters. The van der Waals surface area contributed by atoms with Gasteiger partial charge in [-0.1, -0.05) is 68.3 Å². The number of rotatable bonds is 8. The van der Waals surface area contributed by atoms with E-state index in [0.29, 0.717) is 35.5 Å². The molecule has 0 aliphatic heterocycles. The quantitative estimate of drug-likeness (QED) is 0.162. The Labute approximate surface area is 213 Å². The third-order valence-corrected chi connectivity index (χ3v) is 7.75. The predicted octanol–water partition coefficient (Wildman–Crippen LogP) is 7.44. The van der Waals surface area contributed by atoms with Gasteiger partial charge < -0.3 is 0 Å². The first-order valence-electron chi connectivity index (χ1n) is 12.1. The molecule has 4 heteroatoms. The zero-order chi connectivity index (χ0) is 25.4. The lowest BCUT2D eigenvalue weighted by molar-refractivity contribution is 0.0529. The number of carbonyl (C=O) groups excluding carboxylic acids is 1. The number of allylic oxidation sites excluding steroid dienone is 2. The van der Waals surface area contributed by atoms with Crippen molar-refractivity contribution in [1.82, 2.24) is 0 Å². The molecule has 0 amide bonds. The lowest BCUT2D eigenvalue weighted by Gasteiger charge is -2.32. The number of alkyl halides is 2. The summed E-state index contributed by atoms with van der Waals surface area (Å²) >= 11 is 3.11. The smallest absolute Gasteiger partial charge is 0.294 e. The van der Waals surface area contributed by atoms with Crippen LogP contribution in [0.1, 0.15) is 77.2 Å². The van der Waals surface area contributed by atoms with Crippen molar-refractivity contribution in [3.05, 3.63) is 102 Å². The fraction of sp³-hybridized carbons (Fsp3) is 0.355. The van der Waals surface area contributed by atoms with Crippen molar-refractivity contribution in [2.75, 3.05) is 0 Å². The van der Waals surface area contributed by atoms with Crippen LogP contribution >= 0.6 is 0 Å². The normalized spacial score (nSPS) is 19.4. The summed E-state index contributed by atoms with van der Waals surface area (Å²) in [7, 11) is 0. The molecule has 0 bridgehead atoms. The maximum absolute atomic E-state index is 14.1. The van der Waals surface area contributed by atoms with E-state index < -0.39 is 11.2 Å². The van der Waals surface area contributed by atoms with Crippen LogP contribution in [0.3, 0.4) is 0 Å². The van der Waals surface area contributed by atoms with Crippen LogP contribution in [-0.2, 0) is 12.6 Å². The van der Waals surface area contributed by atoms with Crippen LogP contribution < -0.4 is 0 Å². The first-order chi connectivity index (χ1) is 16.7. The van der Waals surface area contributed by atoms with Crippen LogP contribution in [0, 0.1) is 23.7 Å². The zero-order valence-electron chi connectivity index (χ0n) is 20.2. The molecule has 0 radical (unpaired) electrons. The van der Waals surface area contributed by atoms with Crippen LogP contribution in [0.4, 0.5) is 8.78 Å². The second kappa shape index (κ2) is 12.2. The van der Waals surface area contributed by atoms with Gasteiger partial charge in [-0.15, -0.1) is 5.73 Å². The van der Waals surface area contributed by atoms with Crippen molar-refractivity contribution in [1.29, 1.82) is 0 Å². The number of carbonyl (C=O) groups is 1. The van der Waals surface area contributed by atoms with E-state index in [9.17, 15) is 13.6 Å². The van der Waals surface area contributed by atoms with Crippen LogP contribution in [0.15, 0.2) is 79.6 Å². The first-order valence-corrected chi connectivity index (χ1v) is 12.6. The molecule has 1 unspecified atom stereocenters. The number of hydrogen-bond acceptors (Lipinski definition) is 1. The lowest BCUT2D eigenvalue weighted by Crippen LogP contribution is -2.22. The van der Waals surface area contributed by atoms with Crippen molar-refractivity contribution in [3.8, 4) is 11.8 Å². The summed E-state index contributed by atoms with van der Waals surface area (Å²) in [5.41, 5.74) is 5.47. The molecule has 2 aromatic rings. The van der Waals surface area contributed by atoms with Crippen LogP contribution in [0.5, 0.6) is 0 Å². The van der Waals surface area contributed by atoms with Gasteiger partial charge in [0, 0.05) is 29.2 Å². The summed E-state index contributed by atoms with van der Waals surface area (Å²) in [4.78, 5) is 12.9. The number of hydrogen-bond donors (Lipinski definition) is 0.